The smallest absolute Gasteiger partial charge is 0.224 e. The largest absolute Gasteiger partial charge is 0.394 e. The van der Waals surface area contributed by atoms with Crippen LogP contribution < -0.4 is 0 Å². The first-order valence-electron chi connectivity index (χ1n) is 6.15. The fourth-order valence-corrected chi connectivity index (χ4v) is 2.31. The highest BCUT2D eigenvalue weighted by Gasteiger charge is 2.34. The number of aliphatic hydroxyl groups is 1. The van der Waals surface area contributed by atoms with E-state index in [4.69, 9.17) is 4.74 Å². The third kappa shape index (κ3) is 2.88. The van der Waals surface area contributed by atoms with Gasteiger partial charge in [0.05, 0.1) is 18.8 Å². The number of hydrogen-bond donors (Lipinski definition) is 1. The summed E-state index contributed by atoms with van der Waals surface area (Å²) in [4.78, 5) is 13.8. The average Bonchev–Trinajstić information content (AvgIpc) is 3.04. The first-order chi connectivity index (χ1) is 8.74. The second-order valence-corrected chi connectivity index (χ2v) is 4.50. The van der Waals surface area contributed by atoms with Crippen LogP contribution >= 0.6 is 0 Å². The monoisotopic (exact) mass is 253 g/mol. The van der Waals surface area contributed by atoms with E-state index in [0.29, 0.717) is 25.9 Å². The van der Waals surface area contributed by atoms with Gasteiger partial charge in [0.25, 0.3) is 0 Å². The molecule has 2 atom stereocenters. The van der Waals surface area contributed by atoms with E-state index in [1.807, 2.05) is 12.3 Å². The summed E-state index contributed by atoms with van der Waals surface area (Å²) >= 11 is 0. The Morgan fingerprint density at radius 1 is 1.61 bits per heavy atom. The van der Waals surface area contributed by atoms with Crippen LogP contribution in [0.1, 0.15) is 12.8 Å². The Hall–Kier alpha value is -1.40. The first-order valence-corrected chi connectivity index (χ1v) is 6.15. The van der Waals surface area contributed by atoms with E-state index >= 15 is 0 Å². The van der Waals surface area contributed by atoms with Gasteiger partial charge < -0.3 is 14.7 Å². The number of likely N-dealkylation sites (tertiary alicyclic amines) is 1. The lowest BCUT2D eigenvalue weighted by molar-refractivity contribution is -0.133. The Bertz CT molecular complexity index is 380. The molecule has 1 fully saturated rings. The van der Waals surface area contributed by atoms with Crippen LogP contribution in [0.3, 0.4) is 0 Å². The molecule has 1 aliphatic heterocycles. The van der Waals surface area contributed by atoms with Crippen molar-refractivity contribution in [3.63, 3.8) is 0 Å². The van der Waals surface area contributed by atoms with Crippen LogP contribution in [0.15, 0.2) is 18.5 Å². The number of carbonyl (C=O) groups excluding carboxylic acids is 1. The van der Waals surface area contributed by atoms with E-state index in [1.165, 1.54) is 0 Å². The van der Waals surface area contributed by atoms with Crippen molar-refractivity contribution in [2.75, 3.05) is 20.3 Å². The molecule has 1 aliphatic rings. The fourth-order valence-electron chi connectivity index (χ4n) is 2.31. The molecular formula is C12H19N3O3. The standard InChI is InChI=1S/C12H19N3O3/c1-18-11-7-10(9-16)15(8-11)12(17)3-6-14-5-2-4-13-14/h2,4-5,10-11,16H,3,6-9H2,1H3/t10-,11-/m0/s1. The zero-order chi connectivity index (χ0) is 13.0. The summed E-state index contributed by atoms with van der Waals surface area (Å²) in [6.45, 7) is 1.13. The number of aliphatic hydroxyl groups excluding tert-OH is 1. The van der Waals surface area contributed by atoms with Gasteiger partial charge in [0, 0.05) is 39.0 Å². The topological polar surface area (TPSA) is 67.6 Å². The number of carbonyl (C=O) groups is 1. The second kappa shape index (κ2) is 5.97. The van der Waals surface area contributed by atoms with Gasteiger partial charge in [-0.25, -0.2) is 0 Å². The summed E-state index contributed by atoms with van der Waals surface area (Å²) in [6.07, 6.45) is 4.67. The highest BCUT2D eigenvalue weighted by atomic mass is 16.5. The molecule has 0 unspecified atom stereocenters. The molecule has 100 valence electrons. The number of aryl methyl sites for hydroxylation is 1. The molecule has 1 aromatic heterocycles. The molecule has 1 N–H and O–H groups in total. The number of amides is 1. The van der Waals surface area contributed by atoms with Crippen LogP contribution in [-0.4, -0.2) is 58.1 Å². The van der Waals surface area contributed by atoms with Crippen molar-refractivity contribution < 1.29 is 14.6 Å². The molecule has 1 saturated heterocycles. The van der Waals surface area contributed by atoms with Crippen LogP contribution in [0.5, 0.6) is 0 Å². The summed E-state index contributed by atoms with van der Waals surface area (Å²) < 4.78 is 6.98. The quantitative estimate of drug-likeness (QED) is 0.794. The van der Waals surface area contributed by atoms with E-state index < -0.39 is 0 Å². The summed E-state index contributed by atoms with van der Waals surface area (Å²) in [5.74, 6) is 0.0455. The van der Waals surface area contributed by atoms with Crippen molar-refractivity contribution in [3.8, 4) is 0 Å². The molecule has 2 rings (SSSR count). The van der Waals surface area contributed by atoms with Crippen molar-refractivity contribution in [1.29, 1.82) is 0 Å². The third-order valence-electron chi connectivity index (χ3n) is 3.35. The summed E-state index contributed by atoms with van der Waals surface area (Å²) in [5, 5.41) is 13.3. The molecule has 6 nitrogen and oxygen atoms in total. The van der Waals surface area contributed by atoms with Gasteiger partial charge in [-0.3, -0.25) is 9.48 Å². The van der Waals surface area contributed by atoms with Crippen molar-refractivity contribution in [1.82, 2.24) is 14.7 Å². The van der Waals surface area contributed by atoms with Gasteiger partial charge in [-0.2, -0.15) is 5.10 Å². The maximum absolute atomic E-state index is 12.1. The Morgan fingerprint density at radius 3 is 3.06 bits per heavy atom. The minimum Gasteiger partial charge on any atom is -0.394 e. The van der Waals surface area contributed by atoms with Gasteiger partial charge in [0.2, 0.25) is 5.91 Å². The van der Waals surface area contributed by atoms with E-state index in [9.17, 15) is 9.90 Å². The van der Waals surface area contributed by atoms with Gasteiger partial charge in [-0.1, -0.05) is 0 Å². The molecule has 1 aromatic rings. The maximum Gasteiger partial charge on any atom is 0.224 e. The lowest BCUT2D eigenvalue weighted by Gasteiger charge is -2.22. The molecule has 6 heteroatoms. The highest BCUT2D eigenvalue weighted by Crippen LogP contribution is 2.20. The van der Waals surface area contributed by atoms with E-state index in [-0.39, 0.29) is 24.7 Å². The Balaban J connectivity index is 1.87. The molecule has 0 aliphatic carbocycles. The lowest BCUT2D eigenvalue weighted by atomic mass is 10.2. The van der Waals surface area contributed by atoms with Crippen molar-refractivity contribution in [2.24, 2.45) is 0 Å². The van der Waals surface area contributed by atoms with Crippen LogP contribution in [-0.2, 0) is 16.1 Å². The number of aromatic nitrogens is 2. The van der Waals surface area contributed by atoms with Gasteiger partial charge in [-0.15, -0.1) is 0 Å². The molecule has 2 heterocycles. The fraction of sp³-hybridized carbons (Fsp3) is 0.667. The van der Waals surface area contributed by atoms with Gasteiger partial charge in [-0.05, 0) is 12.5 Å². The number of methoxy groups -OCH3 is 1. The SMILES string of the molecule is CO[C@H]1C[C@@H](CO)N(C(=O)CCn2cccn2)C1. The second-order valence-electron chi connectivity index (χ2n) is 4.50. The van der Waals surface area contributed by atoms with E-state index in [0.717, 1.165) is 0 Å². The molecule has 1 amide bonds. The Morgan fingerprint density at radius 2 is 2.44 bits per heavy atom. The lowest BCUT2D eigenvalue weighted by Crippen LogP contribution is -2.38. The number of rotatable bonds is 5. The predicted octanol–water partition coefficient (Wildman–Crippen LogP) is -0.119. The van der Waals surface area contributed by atoms with Gasteiger partial charge in [0.15, 0.2) is 0 Å². The molecule has 0 aromatic carbocycles. The number of nitrogens with zero attached hydrogens (tertiary/aromatic N) is 3. The minimum absolute atomic E-state index is 0.00658. The predicted molar refractivity (Wildman–Crippen MR) is 64.8 cm³/mol. The zero-order valence-electron chi connectivity index (χ0n) is 10.5. The Labute approximate surface area is 106 Å². The molecule has 0 bridgehead atoms. The molecular weight excluding hydrogens is 234 g/mol. The van der Waals surface area contributed by atoms with E-state index in [1.54, 1.807) is 22.9 Å². The van der Waals surface area contributed by atoms with Gasteiger partial charge >= 0.3 is 0 Å². The van der Waals surface area contributed by atoms with Crippen molar-refractivity contribution in [3.05, 3.63) is 18.5 Å². The van der Waals surface area contributed by atoms with Crippen LogP contribution in [0.2, 0.25) is 0 Å². The zero-order valence-corrected chi connectivity index (χ0v) is 10.5. The third-order valence-corrected chi connectivity index (χ3v) is 3.35. The van der Waals surface area contributed by atoms with Crippen molar-refractivity contribution >= 4 is 5.91 Å². The first kappa shape index (κ1) is 13.0. The maximum atomic E-state index is 12.1. The van der Waals surface area contributed by atoms with Crippen molar-refractivity contribution in [2.45, 2.75) is 31.5 Å². The average molecular weight is 253 g/mol. The number of hydrogen-bond acceptors (Lipinski definition) is 4. The van der Waals surface area contributed by atoms with Crippen LogP contribution in [0.25, 0.3) is 0 Å². The number of ether oxygens (including phenoxy) is 1. The highest BCUT2D eigenvalue weighted by molar-refractivity contribution is 5.76. The minimum atomic E-state index is -0.111. The molecule has 0 radical (unpaired) electrons. The van der Waals surface area contributed by atoms with E-state index in [2.05, 4.69) is 5.10 Å². The van der Waals surface area contributed by atoms with Crippen LogP contribution in [0, 0.1) is 0 Å². The molecule has 18 heavy (non-hydrogen) atoms. The molecule has 0 spiro atoms. The van der Waals surface area contributed by atoms with Gasteiger partial charge in [0.1, 0.15) is 0 Å². The summed E-state index contributed by atoms with van der Waals surface area (Å²) in [7, 11) is 1.64. The summed E-state index contributed by atoms with van der Waals surface area (Å²) in [6, 6.07) is 1.72. The summed E-state index contributed by atoms with van der Waals surface area (Å²) in [5.41, 5.74) is 0. The normalized spacial score (nSPS) is 23.6. The molecule has 0 saturated carbocycles. The Kier molecular flexibility index (Phi) is 4.33. The van der Waals surface area contributed by atoms with Crippen LogP contribution in [0.4, 0.5) is 0 Å².